The lowest BCUT2D eigenvalue weighted by Crippen LogP contribution is -1.90. The third-order valence-corrected chi connectivity index (χ3v) is 5.20. The van der Waals surface area contributed by atoms with Crippen molar-refractivity contribution in [3.63, 3.8) is 0 Å². The van der Waals surface area contributed by atoms with Crippen LogP contribution in [0.15, 0.2) is 91.5 Å². The van der Waals surface area contributed by atoms with Crippen LogP contribution >= 0.6 is 0 Å². The Morgan fingerprint density at radius 1 is 0.828 bits per heavy atom. The smallest absolute Gasteiger partial charge is 0.138 e. The summed E-state index contributed by atoms with van der Waals surface area (Å²) in [6.45, 7) is 3.76. The van der Waals surface area contributed by atoms with Crippen LogP contribution in [0.5, 0.6) is 0 Å². The minimum atomic E-state index is -0.191. The molecule has 0 atom stereocenters. The number of allylic oxidation sites excluding steroid dienone is 1. The summed E-state index contributed by atoms with van der Waals surface area (Å²) in [5.74, 6) is -0.191. The monoisotopic (exact) mass is 377 g/mol. The average Bonchev–Trinajstić information content (AvgIpc) is 2.78. The lowest BCUT2D eigenvalue weighted by Gasteiger charge is -2.10. The predicted octanol–water partition coefficient (Wildman–Crippen LogP) is 7.30. The molecule has 0 spiro atoms. The number of rotatable bonds is 5. The molecule has 0 heterocycles. The largest absolute Gasteiger partial charge is 0.206 e. The van der Waals surface area contributed by atoms with Crippen molar-refractivity contribution in [1.29, 1.82) is 5.26 Å². The van der Waals surface area contributed by atoms with Gasteiger partial charge in [-0.2, -0.15) is 5.26 Å². The van der Waals surface area contributed by atoms with Gasteiger partial charge in [0.1, 0.15) is 5.82 Å². The predicted molar refractivity (Wildman–Crippen MR) is 118 cm³/mol. The molecule has 0 amide bonds. The summed E-state index contributed by atoms with van der Waals surface area (Å²) in [4.78, 5) is 0. The van der Waals surface area contributed by atoms with Gasteiger partial charge in [0.15, 0.2) is 0 Å². The van der Waals surface area contributed by atoms with Crippen LogP contribution in [0.25, 0.3) is 33.0 Å². The van der Waals surface area contributed by atoms with Crippen LogP contribution in [0.4, 0.5) is 4.39 Å². The summed E-state index contributed by atoms with van der Waals surface area (Å²) in [6, 6.07) is 27.2. The van der Waals surface area contributed by atoms with E-state index in [0.717, 1.165) is 34.9 Å². The second-order valence-corrected chi connectivity index (χ2v) is 7.08. The molecular formula is C27H20FN. The van der Waals surface area contributed by atoms with E-state index in [-0.39, 0.29) is 5.82 Å². The summed E-state index contributed by atoms with van der Waals surface area (Å²) < 4.78 is 15.2. The zero-order valence-corrected chi connectivity index (χ0v) is 16.0. The number of aryl methyl sites for hydroxylation is 1. The van der Waals surface area contributed by atoms with Crippen LogP contribution in [-0.4, -0.2) is 0 Å². The number of hydrogen-bond donors (Lipinski definition) is 0. The van der Waals surface area contributed by atoms with Gasteiger partial charge in [-0.1, -0.05) is 72.8 Å². The molecule has 2 heteroatoms. The molecule has 0 saturated heterocycles. The first-order valence-corrected chi connectivity index (χ1v) is 9.62. The summed E-state index contributed by atoms with van der Waals surface area (Å²) in [5, 5.41) is 10.5. The fraction of sp³-hybridized carbons (Fsp3) is 0.0741. The quantitative estimate of drug-likeness (QED) is 0.335. The molecule has 0 N–H and O–H groups in total. The third-order valence-electron chi connectivity index (χ3n) is 5.20. The molecule has 4 rings (SSSR count). The number of fused-ring (bicyclic) bond motifs is 1. The van der Waals surface area contributed by atoms with Gasteiger partial charge in [-0.3, -0.25) is 0 Å². The van der Waals surface area contributed by atoms with Crippen LogP contribution in [0.2, 0.25) is 0 Å². The third kappa shape index (κ3) is 3.81. The zero-order valence-electron chi connectivity index (χ0n) is 16.0. The van der Waals surface area contributed by atoms with Crippen molar-refractivity contribution in [2.45, 2.75) is 12.8 Å². The van der Waals surface area contributed by atoms with E-state index in [1.54, 1.807) is 12.1 Å². The van der Waals surface area contributed by atoms with Gasteiger partial charge < -0.3 is 0 Å². The van der Waals surface area contributed by atoms with Crippen molar-refractivity contribution in [1.82, 2.24) is 0 Å². The van der Waals surface area contributed by atoms with E-state index in [1.807, 2.05) is 66.7 Å². The van der Waals surface area contributed by atoms with Crippen LogP contribution in [-0.2, 0) is 6.42 Å². The van der Waals surface area contributed by atoms with Crippen molar-refractivity contribution in [3.05, 3.63) is 108 Å². The Balaban J connectivity index is 1.66. The maximum Gasteiger partial charge on any atom is 0.138 e. The van der Waals surface area contributed by atoms with E-state index in [4.69, 9.17) is 5.26 Å². The molecule has 29 heavy (non-hydrogen) atoms. The Hall–Kier alpha value is -3.70. The molecule has 0 fully saturated rings. The van der Waals surface area contributed by atoms with Crippen LogP contribution in [0.3, 0.4) is 0 Å². The number of hydrogen-bond acceptors (Lipinski definition) is 1. The van der Waals surface area contributed by atoms with Gasteiger partial charge in [-0.15, -0.1) is 6.58 Å². The van der Waals surface area contributed by atoms with E-state index in [9.17, 15) is 0 Å². The van der Waals surface area contributed by atoms with Gasteiger partial charge in [0.25, 0.3) is 0 Å². The molecule has 4 aromatic carbocycles. The van der Waals surface area contributed by atoms with Crippen LogP contribution in [0, 0.1) is 17.1 Å². The highest BCUT2D eigenvalue weighted by atomic mass is 19.1. The summed E-state index contributed by atoms with van der Waals surface area (Å²) >= 11 is 0. The van der Waals surface area contributed by atoms with Gasteiger partial charge in [0.05, 0.1) is 11.6 Å². The van der Waals surface area contributed by atoms with Crippen LogP contribution < -0.4 is 0 Å². The number of benzene rings is 4. The van der Waals surface area contributed by atoms with Crippen molar-refractivity contribution >= 4 is 10.8 Å². The zero-order chi connectivity index (χ0) is 20.2. The first-order valence-electron chi connectivity index (χ1n) is 9.62. The number of halogens is 1. The molecule has 0 saturated carbocycles. The van der Waals surface area contributed by atoms with Crippen molar-refractivity contribution in [2.75, 3.05) is 0 Å². The molecule has 140 valence electrons. The van der Waals surface area contributed by atoms with E-state index < -0.39 is 0 Å². The first kappa shape index (κ1) is 18.7. The molecule has 0 aliphatic rings. The fourth-order valence-electron chi connectivity index (χ4n) is 3.57. The van der Waals surface area contributed by atoms with E-state index >= 15 is 4.39 Å². The highest BCUT2D eigenvalue weighted by Crippen LogP contribution is 2.31. The van der Waals surface area contributed by atoms with Crippen LogP contribution in [0.1, 0.15) is 17.5 Å². The number of nitriles is 1. The van der Waals surface area contributed by atoms with Gasteiger partial charge >= 0.3 is 0 Å². The Morgan fingerprint density at radius 3 is 2.14 bits per heavy atom. The highest BCUT2D eigenvalue weighted by Gasteiger charge is 2.10. The van der Waals surface area contributed by atoms with Crippen molar-refractivity contribution in [3.8, 4) is 28.3 Å². The molecule has 4 aromatic rings. The fourth-order valence-corrected chi connectivity index (χ4v) is 3.57. The summed E-state index contributed by atoms with van der Waals surface area (Å²) in [5.41, 5.74) is 5.33. The molecule has 0 bridgehead atoms. The molecule has 0 aliphatic carbocycles. The van der Waals surface area contributed by atoms with E-state index in [1.165, 1.54) is 5.56 Å². The van der Waals surface area contributed by atoms with Gasteiger partial charge in [0, 0.05) is 10.9 Å². The molecule has 0 aliphatic heterocycles. The highest BCUT2D eigenvalue weighted by molar-refractivity contribution is 5.89. The molecule has 0 radical (unpaired) electrons. The lowest BCUT2D eigenvalue weighted by molar-refractivity contribution is 0.643. The number of nitrogens with zero attached hydrogens (tertiary/aromatic N) is 1. The van der Waals surface area contributed by atoms with E-state index in [0.29, 0.717) is 16.5 Å². The summed E-state index contributed by atoms with van der Waals surface area (Å²) in [7, 11) is 0. The Bertz CT molecular complexity index is 1210. The molecule has 0 aromatic heterocycles. The SMILES string of the molecule is C=CCCc1ccc2c(F)c(-c3ccc(-c4ccc(C#N)cc4)cc3)ccc2c1. The topological polar surface area (TPSA) is 23.8 Å². The Labute approximate surface area is 170 Å². The maximum absolute atomic E-state index is 15.2. The standard InChI is InChI=1S/C27H20FN/c1-2-3-4-19-7-15-26-24(17-19)14-16-25(27(26)28)23-12-10-22(11-13-23)21-8-5-20(18-29)6-9-21/h2,5-17H,1,3-4H2. The van der Waals surface area contributed by atoms with E-state index in [2.05, 4.69) is 18.7 Å². The second kappa shape index (κ2) is 8.12. The van der Waals surface area contributed by atoms with Gasteiger partial charge in [-0.25, -0.2) is 4.39 Å². The van der Waals surface area contributed by atoms with Gasteiger partial charge in [-0.05, 0) is 52.6 Å². The normalized spacial score (nSPS) is 10.6. The average molecular weight is 377 g/mol. The van der Waals surface area contributed by atoms with Crippen molar-refractivity contribution in [2.24, 2.45) is 0 Å². The Kier molecular flexibility index (Phi) is 5.22. The van der Waals surface area contributed by atoms with Gasteiger partial charge in [0.2, 0.25) is 0 Å². The second-order valence-electron chi connectivity index (χ2n) is 7.08. The molecule has 1 nitrogen and oxygen atoms in total. The summed E-state index contributed by atoms with van der Waals surface area (Å²) in [6.07, 6.45) is 3.73. The maximum atomic E-state index is 15.2. The minimum Gasteiger partial charge on any atom is -0.206 e. The minimum absolute atomic E-state index is 0.191. The lowest BCUT2D eigenvalue weighted by atomic mass is 9.96. The van der Waals surface area contributed by atoms with Crippen molar-refractivity contribution < 1.29 is 4.39 Å². The molecular weight excluding hydrogens is 357 g/mol. The Morgan fingerprint density at radius 2 is 1.48 bits per heavy atom. The molecule has 0 unspecified atom stereocenters. The first-order chi connectivity index (χ1) is 14.2.